The minimum atomic E-state index is -1.00. The number of anilines is 2. The SMILES string of the molecule is Nc1ccc2sc(C(=O)Nc3ccc(F)c(F)c3)cc2c1. The van der Waals surface area contributed by atoms with Gasteiger partial charge in [0.05, 0.1) is 4.88 Å². The van der Waals surface area contributed by atoms with Crippen molar-refractivity contribution in [1.82, 2.24) is 0 Å². The van der Waals surface area contributed by atoms with Crippen LogP contribution in [0.4, 0.5) is 20.2 Å². The van der Waals surface area contributed by atoms with Crippen LogP contribution in [-0.2, 0) is 0 Å². The number of hydrogen-bond acceptors (Lipinski definition) is 3. The summed E-state index contributed by atoms with van der Waals surface area (Å²) in [5.74, 6) is -2.33. The molecule has 21 heavy (non-hydrogen) atoms. The van der Waals surface area contributed by atoms with Crippen LogP contribution in [-0.4, -0.2) is 5.91 Å². The summed E-state index contributed by atoms with van der Waals surface area (Å²) in [6, 6.07) is 10.3. The Bertz CT molecular complexity index is 845. The molecule has 1 heterocycles. The molecule has 3 N–H and O–H groups in total. The molecule has 0 unspecified atom stereocenters. The van der Waals surface area contributed by atoms with E-state index in [4.69, 9.17) is 5.73 Å². The van der Waals surface area contributed by atoms with E-state index in [1.54, 1.807) is 18.2 Å². The van der Waals surface area contributed by atoms with E-state index in [0.29, 0.717) is 10.6 Å². The van der Waals surface area contributed by atoms with Gasteiger partial charge < -0.3 is 11.1 Å². The zero-order valence-corrected chi connectivity index (χ0v) is 11.5. The van der Waals surface area contributed by atoms with Crippen molar-refractivity contribution in [2.24, 2.45) is 0 Å². The van der Waals surface area contributed by atoms with E-state index in [0.717, 1.165) is 22.2 Å². The van der Waals surface area contributed by atoms with E-state index < -0.39 is 11.6 Å². The Hall–Kier alpha value is -2.47. The number of carbonyl (C=O) groups is 1. The maximum Gasteiger partial charge on any atom is 0.265 e. The van der Waals surface area contributed by atoms with E-state index >= 15 is 0 Å². The van der Waals surface area contributed by atoms with Crippen molar-refractivity contribution in [2.45, 2.75) is 0 Å². The normalized spacial score (nSPS) is 10.8. The number of benzene rings is 2. The number of amides is 1. The van der Waals surface area contributed by atoms with Gasteiger partial charge in [-0.15, -0.1) is 11.3 Å². The summed E-state index contributed by atoms with van der Waals surface area (Å²) >= 11 is 1.31. The van der Waals surface area contributed by atoms with Gasteiger partial charge in [-0.3, -0.25) is 4.79 Å². The van der Waals surface area contributed by atoms with Gasteiger partial charge in [-0.2, -0.15) is 0 Å². The molecule has 0 fully saturated rings. The monoisotopic (exact) mass is 304 g/mol. The number of hydrogen-bond donors (Lipinski definition) is 2. The van der Waals surface area contributed by atoms with Crippen LogP contribution in [0.2, 0.25) is 0 Å². The predicted molar refractivity (Wildman–Crippen MR) is 80.5 cm³/mol. The second-order valence-corrected chi connectivity index (χ2v) is 5.57. The van der Waals surface area contributed by atoms with Crippen LogP contribution in [0.3, 0.4) is 0 Å². The van der Waals surface area contributed by atoms with Crippen LogP contribution >= 0.6 is 11.3 Å². The Morgan fingerprint density at radius 1 is 1.05 bits per heavy atom. The molecule has 0 bridgehead atoms. The quantitative estimate of drug-likeness (QED) is 0.703. The summed E-state index contributed by atoms with van der Waals surface area (Å²) in [7, 11) is 0. The molecular weight excluding hydrogens is 294 g/mol. The van der Waals surface area contributed by atoms with Crippen LogP contribution in [0, 0.1) is 11.6 Å². The minimum absolute atomic E-state index is 0.205. The molecule has 0 radical (unpaired) electrons. The summed E-state index contributed by atoms with van der Waals surface area (Å²) < 4.78 is 26.9. The van der Waals surface area contributed by atoms with Crippen molar-refractivity contribution < 1.29 is 13.6 Å². The van der Waals surface area contributed by atoms with Crippen molar-refractivity contribution in [3.05, 3.63) is 59.0 Å². The standard InChI is InChI=1S/C15H10F2N2OS/c16-11-3-2-10(7-12(11)17)19-15(20)14-6-8-5-9(18)1-4-13(8)21-14/h1-7H,18H2,(H,19,20). The Labute approximate surface area is 123 Å². The number of nitrogens with two attached hydrogens (primary N) is 1. The third kappa shape index (κ3) is 2.71. The first-order chi connectivity index (χ1) is 10.0. The van der Waals surface area contributed by atoms with Gasteiger partial charge in [-0.25, -0.2) is 8.78 Å². The number of thiophene rings is 1. The van der Waals surface area contributed by atoms with Crippen LogP contribution in [0.1, 0.15) is 9.67 Å². The highest BCUT2D eigenvalue weighted by Crippen LogP contribution is 2.28. The lowest BCUT2D eigenvalue weighted by Crippen LogP contribution is -2.10. The van der Waals surface area contributed by atoms with Crippen molar-refractivity contribution >= 4 is 38.7 Å². The summed E-state index contributed by atoms with van der Waals surface area (Å²) in [5.41, 5.74) is 6.51. The van der Waals surface area contributed by atoms with E-state index in [2.05, 4.69) is 5.32 Å². The predicted octanol–water partition coefficient (Wildman–Crippen LogP) is 4.01. The van der Waals surface area contributed by atoms with Crippen molar-refractivity contribution in [3.63, 3.8) is 0 Å². The maximum atomic E-state index is 13.1. The third-order valence-electron chi connectivity index (χ3n) is 2.94. The Kier molecular flexibility index (Phi) is 3.31. The van der Waals surface area contributed by atoms with Gasteiger partial charge in [-0.05, 0) is 41.8 Å². The van der Waals surface area contributed by atoms with Gasteiger partial charge in [0.25, 0.3) is 5.91 Å². The van der Waals surface area contributed by atoms with Crippen molar-refractivity contribution in [2.75, 3.05) is 11.1 Å². The first kappa shape index (κ1) is 13.5. The first-order valence-corrected chi connectivity index (χ1v) is 6.90. The maximum absolute atomic E-state index is 13.1. The number of fused-ring (bicyclic) bond motifs is 1. The highest BCUT2D eigenvalue weighted by atomic mass is 32.1. The van der Waals surface area contributed by atoms with Gasteiger partial charge in [0.2, 0.25) is 0 Å². The molecule has 1 amide bonds. The van der Waals surface area contributed by atoms with Crippen LogP contribution in [0.15, 0.2) is 42.5 Å². The Balaban J connectivity index is 1.87. The van der Waals surface area contributed by atoms with E-state index in [1.807, 2.05) is 6.07 Å². The molecule has 0 aliphatic rings. The third-order valence-corrected chi connectivity index (χ3v) is 4.06. The topological polar surface area (TPSA) is 55.1 Å². The van der Waals surface area contributed by atoms with Gasteiger partial charge in [-0.1, -0.05) is 0 Å². The number of carbonyl (C=O) groups excluding carboxylic acids is 1. The summed E-state index contributed by atoms with van der Waals surface area (Å²) in [4.78, 5) is 12.6. The van der Waals surface area contributed by atoms with Crippen LogP contribution in [0.5, 0.6) is 0 Å². The van der Waals surface area contributed by atoms with E-state index in [-0.39, 0.29) is 11.6 Å². The first-order valence-electron chi connectivity index (χ1n) is 6.08. The molecule has 0 atom stereocenters. The fourth-order valence-electron chi connectivity index (χ4n) is 1.94. The summed E-state index contributed by atoms with van der Waals surface area (Å²) in [6.45, 7) is 0. The molecule has 3 nitrogen and oxygen atoms in total. The van der Waals surface area contributed by atoms with E-state index in [9.17, 15) is 13.6 Å². The zero-order chi connectivity index (χ0) is 15.0. The van der Waals surface area contributed by atoms with Crippen LogP contribution in [0.25, 0.3) is 10.1 Å². The molecule has 6 heteroatoms. The second kappa shape index (κ2) is 5.14. The highest BCUT2D eigenvalue weighted by molar-refractivity contribution is 7.20. The molecule has 3 rings (SSSR count). The van der Waals surface area contributed by atoms with Crippen LogP contribution < -0.4 is 11.1 Å². The van der Waals surface area contributed by atoms with Gasteiger partial charge in [0, 0.05) is 22.1 Å². The van der Waals surface area contributed by atoms with Crippen molar-refractivity contribution in [1.29, 1.82) is 0 Å². The smallest absolute Gasteiger partial charge is 0.265 e. The van der Waals surface area contributed by atoms with Gasteiger partial charge in [0.1, 0.15) is 0 Å². The fourth-order valence-corrected chi connectivity index (χ4v) is 2.88. The lowest BCUT2D eigenvalue weighted by Gasteiger charge is -2.03. The number of nitrogens with one attached hydrogen (secondary N) is 1. The van der Waals surface area contributed by atoms with E-state index in [1.165, 1.54) is 17.4 Å². The molecule has 1 aromatic heterocycles. The molecule has 0 aliphatic heterocycles. The number of rotatable bonds is 2. The molecule has 3 aromatic rings. The van der Waals surface area contributed by atoms with Gasteiger partial charge in [0.15, 0.2) is 11.6 Å². The molecule has 2 aromatic carbocycles. The molecule has 0 spiro atoms. The van der Waals surface area contributed by atoms with Crippen molar-refractivity contribution in [3.8, 4) is 0 Å². The lowest BCUT2D eigenvalue weighted by atomic mass is 10.2. The van der Waals surface area contributed by atoms with Gasteiger partial charge >= 0.3 is 0 Å². The largest absolute Gasteiger partial charge is 0.399 e. The number of halogens is 2. The minimum Gasteiger partial charge on any atom is -0.399 e. The zero-order valence-electron chi connectivity index (χ0n) is 10.7. The number of nitrogen functional groups attached to an aromatic ring is 1. The average Bonchev–Trinajstić information content (AvgIpc) is 2.86. The fraction of sp³-hybridized carbons (Fsp3) is 0. The lowest BCUT2D eigenvalue weighted by molar-refractivity contribution is 0.103. The summed E-state index contributed by atoms with van der Waals surface area (Å²) in [5, 5.41) is 3.41. The molecule has 0 saturated heterocycles. The summed E-state index contributed by atoms with van der Waals surface area (Å²) in [6.07, 6.45) is 0. The Morgan fingerprint density at radius 2 is 1.86 bits per heavy atom. The molecule has 106 valence electrons. The average molecular weight is 304 g/mol. The molecular formula is C15H10F2N2OS. The molecule has 0 aliphatic carbocycles. The second-order valence-electron chi connectivity index (χ2n) is 4.49. The Morgan fingerprint density at radius 3 is 2.62 bits per heavy atom. The molecule has 0 saturated carbocycles. The highest BCUT2D eigenvalue weighted by Gasteiger charge is 2.12.